The zero-order valence-electron chi connectivity index (χ0n) is 7.75. The van der Waals surface area contributed by atoms with Gasteiger partial charge in [-0.05, 0) is 19.1 Å². The molecule has 4 heteroatoms. The van der Waals surface area contributed by atoms with Crippen molar-refractivity contribution in [2.45, 2.75) is 12.6 Å². The molecule has 3 nitrogen and oxygen atoms in total. The van der Waals surface area contributed by atoms with Gasteiger partial charge in [-0.25, -0.2) is 4.39 Å². The normalized spacial score (nSPS) is 15.1. The summed E-state index contributed by atoms with van der Waals surface area (Å²) in [5, 5.41) is 0. The number of methoxy groups -OCH3 is 1. The maximum Gasteiger partial charge on any atom is 0.165 e. The van der Waals surface area contributed by atoms with Crippen LogP contribution in [0, 0.1) is 0 Å². The molecule has 0 aromatic carbocycles. The standard InChI is InChI=1S/C9H13FN2O/c1-9(10,6-11)8-7(13-2)4-3-5-12-8/h3-5H,6,11H2,1-2H3. The van der Waals surface area contributed by atoms with E-state index in [9.17, 15) is 4.39 Å². The van der Waals surface area contributed by atoms with E-state index in [4.69, 9.17) is 10.5 Å². The first-order valence-electron chi connectivity index (χ1n) is 4.00. The lowest BCUT2D eigenvalue weighted by molar-refractivity contribution is 0.189. The Hall–Kier alpha value is -1.16. The first-order chi connectivity index (χ1) is 6.11. The van der Waals surface area contributed by atoms with E-state index in [1.807, 2.05) is 0 Å². The van der Waals surface area contributed by atoms with Crippen LogP contribution in [0.4, 0.5) is 4.39 Å². The SMILES string of the molecule is COc1cccnc1C(C)(F)CN. The summed E-state index contributed by atoms with van der Waals surface area (Å²) in [4.78, 5) is 3.91. The van der Waals surface area contributed by atoms with Crippen molar-refractivity contribution in [3.8, 4) is 5.75 Å². The third-order valence-corrected chi connectivity index (χ3v) is 1.87. The Morgan fingerprint density at radius 3 is 2.92 bits per heavy atom. The smallest absolute Gasteiger partial charge is 0.165 e. The Kier molecular flexibility index (Phi) is 2.83. The van der Waals surface area contributed by atoms with Gasteiger partial charge in [0.25, 0.3) is 0 Å². The van der Waals surface area contributed by atoms with Gasteiger partial charge in [0, 0.05) is 12.7 Å². The Labute approximate surface area is 76.7 Å². The molecule has 0 fully saturated rings. The maximum absolute atomic E-state index is 13.7. The highest BCUT2D eigenvalue weighted by Gasteiger charge is 2.28. The zero-order chi connectivity index (χ0) is 9.90. The number of nitrogens with zero attached hydrogens (tertiary/aromatic N) is 1. The quantitative estimate of drug-likeness (QED) is 0.768. The number of rotatable bonds is 3. The number of nitrogens with two attached hydrogens (primary N) is 1. The number of aromatic nitrogens is 1. The van der Waals surface area contributed by atoms with E-state index < -0.39 is 5.67 Å². The van der Waals surface area contributed by atoms with Crippen molar-refractivity contribution in [3.63, 3.8) is 0 Å². The van der Waals surface area contributed by atoms with Gasteiger partial charge in [-0.3, -0.25) is 4.98 Å². The van der Waals surface area contributed by atoms with E-state index in [1.54, 1.807) is 12.1 Å². The third-order valence-electron chi connectivity index (χ3n) is 1.87. The molecule has 0 amide bonds. The highest BCUT2D eigenvalue weighted by Crippen LogP contribution is 2.29. The van der Waals surface area contributed by atoms with Crippen LogP contribution in [0.15, 0.2) is 18.3 Å². The molecule has 0 radical (unpaired) electrons. The van der Waals surface area contributed by atoms with Crippen molar-refractivity contribution < 1.29 is 9.13 Å². The van der Waals surface area contributed by atoms with Gasteiger partial charge < -0.3 is 10.5 Å². The minimum Gasteiger partial charge on any atom is -0.495 e. The molecule has 1 atom stereocenters. The van der Waals surface area contributed by atoms with Gasteiger partial charge in [-0.2, -0.15) is 0 Å². The summed E-state index contributed by atoms with van der Waals surface area (Å²) in [5.74, 6) is 0.429. The van der Waals surface area contributed by atoms with E-state index in [-0.39, 0.29) is 12.2 Å². The third kappa shape index (κ3) is 1.95. The van der Waals surface area contributed by atoms with Crippen molar-refractivity contribution in [1.29, 1.82) is 0 Å². The average Bonchev–Trinajstić information content (AvgIpc) is 2.18. The second-order valence-corrected chi connectivity index (χ2v) is 2.96. The number of hydrogen-bond donors (Lipinski definition) is 1. The first kappa shape index (κ1) is 9.92. The molecule has 0 aliphatic heterocycles. The van der Waals surface area contributed by atoms with Crippen molar-refractivity contribution in [1.82, 2.24) is 4.98 Å². The highest BCUT2D eigenvalue weighted by molar-refractivity contribution is 5.31. The van der Waals surface area contributed by atoms with Crippen LogP contribution in [-0.2, 0) is 5.67 Å². The van der Waals surface area contributed by atoms with Gasteiger partial charge in [-0.15, -0.1) is 0 Å². The fraction of sp³-hybridized carbons (Fsp3) is 0.444. The predicted octanol–water partition coefficient (Wildman–Crippen LogP) is 1.23. The highest BCUT2D eigenvalue weighted by atomic mass is 19.1. The van der Waals surface area contributed by atoms with Gasteiger partial charge in [-0.1, -0.05) is 0 Å². The molecule has 0 aliphatic carbocycles. The summed E-state index contributed by atoms with van der Waals surface area (Å²) < 4.78 is 18.7. The lowest BCUT2D eigenvalue weighted by Crippen LogP contribution is -2.28. The second kappa shape index (κ2) is 3.70. The molecular weight excluding hydrogens is 171 g/mol. The molecule has 1 heterocycles. The molecule has 13 heavy (non-hydrogen) atoms. The molecule has 0 saturated heterocycles. The van der Waals surface area contributed by atoms with Gasteiger partial charge >= 0.3 is 0 Å². The molecule has 1 rings (SSSR count). The number of ether oxygens (including phenoxy) is 1. The van der Waals surface area contributed by atoms with Crippen LogP contribution in [-0.4, -0.2) is 18.6 Å². The van der Waals surface area contributed by atoms with Crippen LogP contribution < -0.4 is 10.5 Å². The number of pyridine rings is 1. The van der Waals surface area contributed by atoms with E-state index in [0.717, 1.165) is 0 Å². The minimum atomic E-state index is -1.63. The van der Waals surface area contributed by atoms with E-state index in [1.165, 1.54) is 20.2 Å². The van der Waals surface area contributed by atoms with Gasteiger partial charge in [0.1, 0.15) is 11.4 Å². The number of hydrogen-bond acceptors (Lipinski definition) is 3. The summed E-state index contributed by atoms with van der Waals surface area (Å²) in [5.41, 5.74) is 3.91. The van der Waals surface area contributed by atoms with Gasteiger partial charge in [0.15, 0.2) is 5.67 Å². The molecule has 0 saturated carbocycles. The van der Waals surface area contributed by atoms with Crippen molar-refractivity contribution >= 4 is 0 Å². The van der Waals surface area contributed by atoms with Crippen molar-refractivity contribution in [2.24, 2.45) is 5.73 Å². The van der Waals surface area contributed by atoms with Crippen LogP contribution in [0.2, 0.25) is 0 Å². The largest absolute Gasteiger partial charge is 0.495 e. The predicted molar refractivity (Wildman–Crippen MR) is 48.3 cm³/mol. The molecule has 0 spiro atoms. The van der Waals surface area contributed by atoms with Crippen molar-refractivity contribution in [2.75, 3.05) is 13.7 Å². The Morgan fingerprint density at radius 1 is 1.69 bits per heavy atom. The molecule has 0 aliphatic rings. The second-order valence-electron chi connectivity index (χ2n) is 2.96. The monoisotopic (exact) mass is 184 g/mol. The van der Waals surface area contributed by atoms with Crippen LogP contribution in [0.1, 0.15) is 12.6 Å². The molecule has 0 bridgehead atoms. The van der Waals surface area contributed by atoms with Gasteiger partial charge in [0.2, 0.25) is 0 Å². The Morgan fingerprint density at radius 2 is 2.38 bits per heavy atom. The topological polar surface area (TPSA) is 48.1 Å². The Balaban J connectivity index is 3.12. The Bertz CT molecular complexity index is 289. The zero-order valence-corrected chi connectivity index (χ0v) is 7.75. The molecule has 1 aromatic rings. The summed E-state index contributed by atoms with van der Waals surface area (Å²) in [6, 6.07) is 3.35. The first-order valence-corrected chi connectivity index (χ1v) is 4.00. The fourth-order valence-electron chi connectivity index (χ4n) is 1.04. The molecule has 1 unspecified atom stereocenters. The van der Waals surface area contributed by atoms with Crippen molar-refractivity contribution in [3.05, 3.63) is 24.0 Å². The van der Waals surface area contributed by atoms with Gasteiger partial charge in [0.05, 0.1) is 7.11 Å². The maximum atomic E-state index is 13.7. The van der Waals surface area contributed by atoms with Crippen LogP contribution in [0.3, 0.4) is 0 Å². The molecular formula is C9H13FN2O. The lowest BCUT2D eigenvalue weighted by atomic mass is 10.0. The number of halogens is 1. The van der Waals surface area contributed by atoms with E-state index >= 15 is 0 Å². The summed E-state index contributed by atoms with van der Waals surface area (Å²) in [7, 11) is 1.48. The summed E-state index contributed by atoms with van der Waals surface area (Å²) in [6.45, 7) is 1.28. The summed E-state index contributed by atoms with van der Waals surface area (Å²) in [6.07, 6.45) is 1.52. The summed E-state index contributed by atoms with van der Waals surface area (Å²) >= 11 is 0. The van der Waals surface area contributed by atoms with Crippen LogP contribution in [0.5, 0.6) is 5.75 Å². The number of alkyl halides is 1. The van der Waals surface area contributed by atoms with E-state index in [2.05, 4.69) is 4.98 Å². The minimum absolute atomic E-state index is 0.111. The molecule has 1 aromatic heterocycles. The van der Waals surface area contributed by atoms with E-state index in [0.29, 0.717) is 5.75 Å². The fourth-order valence-corrected chi connectivity index (χ4v) is 1.04. The van der Waals surface area contributed by atoms with Crippen LogP contribution in [0.25, 0.3) is 0 Å². The molecule has 2 N–H and O–H groups in total. The molecule has 72 valence electrons. The van der Waals surface area contributed by atoms with Crippen LogP contribution >= 0.6 is 0 Å². The average molecular weight is 184 g/mol. The lowest BCUT2D eigenvalue weighted by Gasteiger charge is -2.19.